The zero-order valence-electron chi connectivity index (χ0n) is 20.4. The van der Waals surface area contributed by atoms with Crippen LogP contribution in [-0.4, -0.2) is 17.8 Å². The summed E-state index contributed by atoms with van der Waals surface area (Å²) in [5.41, 5.74) is 2.91. The molecule has 3 aromatic carbocycles. The Morgan fingerprint density at radius 2 is 1.34 bits per heavy atom. The molecule has 2 N–H and O–H groups in total. The Bertz CT molecular complexity index is 1110. The lowest BCUT2D eigenvalue weighted by molar-refractivity contribution is 0.0511. The van der Waals surface area contributed by atoms with Crippen molar-refractivity contribution in [2.45, 2.75) is 45.4 Å². The number of alkyl carbamates (subject to hydrolysis) is 2. The maximum Gasteiger partial charge on any atom is 0.411 e. The second-order valence-corrected chi connectivity index (χ2v) is 9.08. The summed E-state index contributed by atoms with van der Waals surface area (Å²) in [6, 6.07) is 28.3. The van der Waals surface area contributed by atoms with Gasteiger partial charge in [-0.1, -0.05) is 91.0 Å². The van der Waals surface area contributed by atoms with Gasteiger partial charge in [0, 0.05) is 6.20 Å². The molecule has 6 nitrogen and oxygen atoms in total. The van der Waals surface area contributed by atoms with Crippen LogP contribution >= 0.6 is 0 Å². The van der Waals surface area contributed by atoms with Crippen molar-refractivity contribution in [3.63, 3.8) is 0 Å². The second-order valence-electron chi connectivity index (χ2n) is 9.08. The van der Waals surface area contributed by atoms with Gasteiger partial charge >= 0.3 is 12.2 Å². The molecule has 6 heteroatoms. The van der Waals surface area contributed by atoms with E-state index in [-0.39, 0.29) is 6.61 Å². The summed E-state index contributed by atoms with van der Waals surface area (Å²) >= 11 is 0. The average molecular weight is 473 g/mol. The fourth-order valence-electron chi connectivity index (χ4n) is 3.45. The molecule has 182 valence electrons. The minimum atomic E-state index is -0.645. The number of benzene rings is 3. The van der Waals surface area contributed by atoms with Crippen LogP contribution in [0.5, 0.6) is 0 Å². The zero-order chi connectivity index (χ0) is 25.1. The molecule has 0 aliphatic rings. The van der Waals surface area contributed by atoms with Crippen LogP contribution in [-0.2, 0) is 22.5 Å². The van der Waals surface area contributed by atoms with Gasteiger partial charge in [0.25, 0.3) is 0 Å². The van der Waals surface area contributed by atoms with Crippen LogP contribution in [0.25, 0.3) is 0 Å². The minimum Gasteiger partial charge on any atom is -0.444 e. The van der Waals surface area contributed by atoms with Crippen molar-refractivity contribution in [3.8, 4) is 0 Å². The van der Waals surface area contributed by atoms with Crippen LogP contribution in [0, 0.1) is 0 Å². The van der Waals surface area contributed by atoms with E-state index in [4.69, 9.17) is 9.47 Å². The van der Waals surface area contributed by atoms with Crippen molar-refractivity contribution in [3.05, 3.63) is 119 Å². The fourth-order valence-corrected chi connectivity index (χ4v) is 3.45. The molecule has 3 aromatic rings. The highest BCUT2D eigenvalue weighted by atomic mass is 16.6. The van der Waals surface area contributed by atoms with Gasteiger partial charge in [0.1, 0.15) is 12.2 Å². The van der Waals surface area contributed by atoms with Crippen molar-refractivity contribution in [1.29, 1.82) is 0 Å². The molecule has 1 unspecified atom stereocenters. The molecule has 0 heterocycles. The predicted octanol–water partition coefficient (Wildman–Crippen LogP) is 6.31. The number of carbonyl (C=O) groups excluding carboxylic acids is 2. The Balaban J connectivity index is 1.84. The third kappa shape index (κ3) is 9.01. The van der Waals surface area contributed by atoms with Crippen LogP contribution < -0.4 is 10.6 Å². The van der Waals surface area contributed by atoms with Crippen molar-refractivity contribution in [2.75, 3.05) is 0 Å². The Morgan fingerprint density at radius 3 is 1.91 bits per heavy atom. The molecule has 0 saturated heterocycles. The maximum absolute atomic E-state index is 12.7. The van der Waals surface area contributed by atoms with Gasteiger partial charge < -0.3 is 14.8 Å². The first kappa shape index (κ1) is 25.6. The first-order chi connectivity index (χ1) is 16.8. The van der Waals surface area contributed by atoms with E-state index in [9.17, 15) is 9.59 Å². The maximum atomic E-state index is 12.7. The molecule has 1 atom stereocenters. The quantitative estimate of drug-likeness (QED) is 0.403. The van der Waals surface area contributed by atoms with E-state index in [0.717, 1.165) is 22.3 Å². The van der Waals surface area contributed by atoms with Crippen molar-refractivity contribution in [1.82, 2.24) is 10.6 Å². The Hall–Kier alpha value is -4.06. The summed E-state index contributed by atoms with van der Waals surface area (Å²) in [5, 5.41) is 5.70. The smallest absolute Gasteiger partial charge is 0.411 e. The minimum absolute atomic E-state index is 0.160. The zero-order valence-corrected chi connectivity index (χ0v) is 20.4. The number of nitrogens with one attached hydrogen (secondary N) is 2. The molecule has 0 fully saturated rings. The SMILES string of the molecule is CC(C)(C)OC(=O)NC(/C(=C/NC(=O)OCc1ccccc1)Cc1ccccc1)c1ccccc1. The van der Waals surface area contributed by atoms with Crippen LogP contribution in [0.15, 0.2) is 103 Å². The second kappa shape index (κ2) is 12.4. The van der Waals surface area contributed by atoms with Crippen molar-refractivity contribution in [2.24, 2.45) is 0 Å². The third-order valence-corrected chi connectivity index (χ3v) is 5.00. The highest BCUT2D eigenvalue weighted by molar-refractivity contribution is 5.70. The third-order valence-electron chi connectivity index (χ3n) is 5.00. The van der Waals surface area contributed by atoms with Gasteiger partial charge in [-0.15, -0.1) is 0 Å². The number of hydrogen-bond acceptors (Lipinski definition) is 4. The molecular formula is C29H32N2O4. The van der Waals surface area contributed by atoms with Crippen LogP contribution in [0.4, 0.5) is 9.59 Å². The first-order valence-corrected chi connectivity index (χ1v) is 11.5. The molecule has 0 aliphatic carbocycles. The van der Waals surface area contributed by atoms with E-state index >= 15 is 0 Å². The Morgan fingerprint density at radius 1 is 0.800 bits per heavy atom. The van der Waals surface area contributed by atoms with Gasteiger partial charge in [-0.25, -0.2) is 9.59 Å². The number of rotatable bonds is 8. The van der Waals surface area contributed by atoms with Gasteiger partial charge in [-0.2, -0.15) is 0 Å². The monoisotopic (exact) mass is 472 g/mol. The first-order valence-electron chi connectivity index (χ1n) is 11.5. The van der Waals surface area contributed by atoms with Crippen molar-refractivity contribution < 1.29 is 19.1 Å². The Kier molecular flexibility index (Phi) is 9.07. The van der Waals surface area contributed by atoms with Gasteiger partial charge in [0.05, 0.1) is 6.04 Å². The molecule has 0 bridgehead atoms. The number of carbonyl (C=O) groups is 2. The number of ether oxygens (including phenoxy) is 2. The lowest BCUT2D eigenvalue weighted by Gasteiger charge is -2.26. The molecule has 0 aliphatic heterocycles. The van der Waals surface area contributed by atoms with E-state index in [1.165, 1.54) is 0 Å². The standard InChI is InChI=1S/C29H32N2O4/c1-29(2,3)35-28(33)31-26(24-17-11-6-12-18-24)25(19-22-13-7-4-8-14-22)20-30-27(32)34-21-23-15-9-5-10-16-23/h4-18,20,26H,19,21H2,1-3H3,(H,30,32)(H,31,33)/b25-20+. The highest BCUT2D eigenvalue weighted by Gasteiger charge is 2.24. The van der Waals surface area contributed by atoms with Crippen LogP contribution in [0.2, 0.25) is 0 Å². The molecule has 0 spiro atoms. The van der Waals surface area contributed by atoms with Gasteiger partial charge in [-0.3, -0.25) is 5.32 Å². The summed E-state index contributed by atoms with van der Waals surface area (Å²) in [6.45, 7) is 5.60. The van der Waals surface area contributed by atoms with Crippen LogP contribution in [0.1, 0.15) is 43.5 Å². The molecular weight excluding hydrogens is 440 g/mol. The number of amides is 2. The topological polar surface area (TPSA) is 76.7 Å². The molecule has 2 amide bonds. The molecule has 35 heavy (non-hydrogen) atoms. The molecule has 3 rings (SSSR count). The van der Waals surface area contributed by atoms with Crippen molar-refractivity contribution >= 4 is 12.2 Å². The fraction of sp³-hybridized carbons (Fsp3) is 0.241. The molecule has 0 radical (unpaired) electrons. The average Bonchev–Trinajstić information content (AvgIpc) is 2.84. The summed E-state index contributed by atoms with van der Waals surface area (Å²) in [4.78, 5) is 25.2. The van der Waals surface area contributed by atoms with E-state index in [0.29, 0.717) is 6.42 Å². The normalized spacial score (nSPS) is 12.4. The molecule has 0 aromatic heterocycles. The largest absolute Gasteiger partial charge is 0.444 e. The highest BCUT2D eigenvalue weighted by Crippen LogP contribution is 2.25. The predicted molar refractivity (Wildman–Crippen MR) is 137 cm³/mol. The van der Waals surface area contributed by atoms with E-state index in [1.807, 2.05) is 112 Å². The summed E-state index contributed by atoms with van der Waals surface area (Å²) in [5.74, 6) is 0. The number of hydrogen-bond donors (Lipinski definition) is 2. The lowest BCUT2D eigenvalue weighted by Crippen LogP contribution is -2.36. The summed E-state index contributed by atoms with van der Waals surface area (Å²) in [7, 11) is 0. The van der Waals surface area contributed by atoms with E-state index in [2.05, 4.69) is 10.6 Å². The van der Waals surface area contributed by atoms with Gasteiger partial charge in [0.2, 0.25) is 0 Å². The van der Waals surface area contributed by atoms with Crippen LogP contribution in [0.3, 0.4) is 0 Å². The Labute approximate surface area is 207 Å². The van der Waals surface area contributed by atoms with E-state index in [1.54, 1.807) is 6.20 Å². The summed E-state index contributed by atoms with van der Waals surface area (Å²) in [6.07, 6.45) is 0.977. The van der Waals surface area contributed by atoms with Gasteiger partial charge in [-0.05, 0) is 49.5 Å². The molecule has 0 saturated carbocycles. The van der Waals surface area contributed by atoms with Gasteiger partial charge in [0.15, 0.2) is 0 Å². The van der Waals surface area contributed by atoms with E-state index < -0.39 is 23.8 Å². The summed E-state index contributed by atoms with van der Waals surface area (Å²) < 4.78 is 10.9. The lowest BCUT2D eigenvalue weighted by atomic mass is 9.94.